The number of fused-ring (bicyclic) bond motifs is 2. The molecule has 0 aromatic heterocycles. The lowest BCUT2D eigenvalue weighted by molar-refractivity contribution is 0.0970. The van der Waals surface area contributed by atoms with Crippen LogP contribution in [0.4, 0.5) is 0 Å². The van der Waals surface area contributed by atoms with Crippen LogP contribution in [0, 0.1) is 17.8 Å². The SMILES string of the molecule is CCCC1CCC(c2ccc(-c3ccc(Sc4ccc(Sc5ccc(-c6ccc(C7CCC(CCC)CC7)cc6)cc5)c5c4C(=O)c4c(Sc6ccc(-c7ccc(C8CCC(CCC)CC8)cc7)cc6)ccc(Sc6ccc(C(C)(C)C)cc6)c4C5=O)cc3)cc2)CC1. The van der Waals surface area contributed by atoms with Gasteiger partial charge >= 0.3 is 0 Å². The molecule has 0 bridgehead atoms. The Bertz CT molecular complexity index is 4000. The first-order chi connectivity index (χ1) is 45.4. The van der Waals surface area contributed by atoms with Gasteiger partial charge in [-0.1, -0.05) is 248 Å². The van der Waals surface area contributed by atoms with E-state index in [1.807, 2.05) is 0 Å². The Hall–Kier alpha value is -6.28. The number of benzene rings is 9. The van der Waals surface area contributed by atoms with Crippen molar-refractivity contribution < 1.29 is 9.59 Å². The lowest BCUT2D eigenvalue weighted by Crippen LogP contribution is -2.24. The Balaban J connectivity index is 0.819. The highest BCUT2D eigenvalue weighted by atomic mass is 32.2. The van der Waals surface area contributed by atoms with Gasteiger partial charge in [-0.2, -0.15) is 0 Å². The van der Waals surface area contributed by atoms with Crippen LogP contribution in [0.3, 0.4) is 0 Å². The van der Waals surface area contributed by atoms with E-state index in [2.05, 4.69) is 236 Å². The van der Waals surface area contributed by atoms with Crippen LogP contribution in [-0.2, 0) is 5.41 Å². The van der Waals surface area contributed by atoms with Gasteiger partial charge in [-0.05, 0) is 246 Å². The van der Waals surface area contributed by atoms with Gasteiger partial charge < -0.3 is 0 Å². The van der Waals surface area contributed by atoms with E-state index in [-0.39, 0.29) is 17.0 Å². The molecule has 4 aliphatic rings. The van der Waals surface area contributed by atoms with E-state index in [9.17, 15) is 0 Å². The molecule has 0 amide bonds. The molecule has 0 aliphatic heterocycles. The van der Waals surface area contributed by atoms with E-state index in [0.717, 1.165) is 73.6 Å². The predicted molar refractivity (Wildman–Crippen MR) is 396 cm³/mol. The number of hydrogen-bond acceptors (Lipinski definition) is 6. The Labute approximate surface area is 573 Å². The van der Waals surface area contributed by atoms with Gasteiger partial charge in [0, 0.05) is 61.4 Å². The van der Waals surface area contributed by atoms with Crippen molar-refractivity contribution in [2.75, 3.05) is 0 Å². The Morgan fingerprint density at radius 3 is 0.720 bits per heavy atom. The summed E-state index contributed by atoms with van der Waals surface area (Å²) in [5.74, 6) is 4.40. The Morgan fingerprint density at radius 1 is 0.290 bits per heavy atom. The van der Waals surface area contributed by atoms with Gasteiger partial charge in [0.05, 0.1) is 0 Å². The summed E-state index contributed by atoms with van der Waals surface area (Å²) in [4.78, 5) is 39.7. The highest BCUT2D eigenvalue weighted by Gasteiger charge is 2.39. The predicted octanol–water partition coefficient (Wildman–Crippen LogP) is 26.6. The van der Waals surface area contributed by atoms with Gasteiger partial charge in [0.1, 0.15) is 0 Å². The normalized spacial score (nSPS) is 19.9. The third-order valence-electron chi connectivity index (χ3n) is 21.1. The zero-order valence-corrected chi connectivity index (χ0v) is 58.9. The lowest BCUT2D eigenvalue weighted by Gasteiger charge is -2.28. The summed E-state index contributed by atoms with van der Waals surface area (Å²) in [5, 5.41) is 0. The average Bonchev–Trinajstić information content (AvgIpc) is 0.733. The second-order valence-corrected chi connectivity index (χ2v) is 32.9. The number of hydrogen-bond donors (Lipinski definition) is 0. The maximum Gasteiger partial charge on any atom is 0.196 e. The zero-order chi connectivity index (χ0) is 64.0. The lowest BCUT2D eigenvalue weighted by atomic mass is 9.77. The molecular weight excluding hydrogens is 1210 g/mol. The fourth-order valence-corrected chi connectivity index (χ4v) is 19.6. The summed E-state index contributed by atoms with van der Waals surface area (Å²) in [5.41, 5.74) is 14.6. The first-order valence-corrected chi connectivity index (χ1v) is 38.5. The van der Waals surface area contributed by atoms with Crippen LogP contribution >= 0.6 is 47.0 Å². The van der Waals surface area contributed by atoms with E-state index in [0.29, 0.717) is 40.0 Å². The molecule has 93 heavy (non-hydrogen) atoms. The first-order valence-electron chi connectivity index (χ1n) is 35.2. The van der Waals surface area contributed by atoms with Crippen molar-refractivity contribution in [2.24, 2.45) is 17.8 Å². The molecule has 0 unspecified atom stereocenters. The van der Waals surface area contributed by atoms with Gasteiger partial charge in [0.25, 0.3) is 0 Å². The molecule has 13 rings (SSSR count). The van der Waals surface area contributed by atoms with Gasteiger partial charge in [-0.15, -0.1) is 0 Å². The summed E-state index contributed by atoms with van der Waals surface area (Å²) in [6.45, 7) is 13.6. The third kappa shape index (κ3) is 15.2. The van der Waals surface area contributed by atoms with Crippen molar-refractivity contribution in [1.29, 1.82) is 0 Å². The third-order valence-corrected chi connectivity index (χ3v) is 25.4. The van der Waals surface area contributed by atoms with Crippen LogP contribution < -0.4 is 0 Å². The maximum atomic E-state index is 16.3. The fourth-order valence-electron chi connectivity index (χ4n) is 15.7. The molecular formula is C87H92O2S4. The van der Waals surface area contributed by atoms with E-state index >= 15 is 9.59 Å². The van der Waals surface area contributed by atoms with E-state index in [1.165, 1.54) is 155 Å². The Kier molecular flexibility index (Phi) is 20.9. The molecule has 3 saturated carbocycles. The van der Waals surface area contributed by atoms with Crippen LogP contribution in [-0.4, -0.2) is 11.6 Å². The topological polar surface area (TPSA) is 34.1 Å². The molecule has 2 nitrogen and oxygen atoms in total. The largest absolute Gasteiger partial charge is 0.288 e. The summed E-state index contributed by atoms with van der Waals surface area (Å²) in [6, 6.07) is 71.2. The molecule has 0 saturated heterocycles. The van der Waals surface area contributed by atoms with Gasteiger partial charge in [0.2, 0.25) is 0 Å². The number of ketones is 2. The van der Waals surface area contributed by atoms with E-state index in [1.54, 1.807) is 47.0 Å². The number of carbonyl (C=O) groups excluding carboxylic acids is 2. The minimum Gasteiger partial charge on any atom is -0.288 e. The Morgan fingerprint density at radius 2 is 0.505 bits per heavy atom. The first kappa shape index (κ1) is 65.4. The molecule has 6 heteroatoms. The number of rotatable bonds is 20. The molecule has 9 aromatic rings. The zero-order valence-electron chi connectivity index (χ0n) is 55.6. The summed E-state index contributed by atoms with van der Waals surface area (Å²) >= 11 is 6.29. The maximum absolute atomic E-state index is 16.3. The smallest absolute Gasteiger partial charge is 0.196 e. The molecule has 476 valence electrons. The van der Waals surface area contributed by atoms with Crippen molar-refractivity contribution in [3.63, 3.8) is 0 Å². The highest BCUT2D eigenvalue weighted by Crippen LogP contribution is 2.50. The van der Waals surface area contributed by atoms with Gasteiger partial charge in [-0.3, -0.25) is 9.59 Å². The van der Waals surface area contributed by atoms with Crippen LogP contribution in [0.15, 0.2) is 233 Å². The molecule has 0 radical (unpaired) electrons. The molecule has 0 N–H and O–H groups in total. The summed E-state index contributed by atoms with van der Waals surface area (Å²) in [7, 11) is 0. The molecule has 0 atom stereocenters. The average molecular weight is 1300 g/mol. The molecule has 3 fully saturated rings. The van der Waals surface area contributed by atoms with Crippen molar-refractivity contribution in [3.05, 3.63) is 239 Å². The van der Waals surface area contributed by atoms with Crippen LogP contribution in [0.5, 0.6) is 0 Å². The summed E-state index contributed by atoms with van der Waals surface area (Å²) in [6.07, 6.45) is 23.7. The van der Waals surface area contributed by atoms with Gasteiger partial charge in [0.15, 0.2) is 11.6 Å². The molecule has 0 heterocycles. The van der Waals surface area contributed by atoms with Crippen LogP contribution in [0.25, 0.3) is 33.4 Å². The highest BCUT2D eigenvalue weighted by molar-refractivity contribution is 8.00. The number of carbonyl (C=O) groups is 2. The van der Waals surface area contributed by atoms with Crippen molar-refractivity contribution in [1.82, 2.24) is 0 Å². The van der Waals surface area contributed by atoms with Crippen molar-refractivity contribution in [2.45, 2.75) is 219 Å². The molecule has 9 aromatic carbocycles. The quantitative estimate of drug-likeness (QED) is 0.0757. The van der Waals surface area contributed by atoms with Crippen molar-refractivity contribution in [3.8, 4) is 33.4 Å². The van der Waals surface area contributed by atoms with E-state index in [4.69, 9.17) is 0 Å². The second-order valence-electron chi connectivity index (χ2n) is 28.4. The molecule has 0 spiro atoms. The van der Waals surface area contributed by atoms with Crippen molar-refractivity contribution >= 4 is 58.6 Å². The van der Waals surface area contributed by atoms with Crippen LogP contribution in [0.1, 0.15) is 229 Å². The van der Waals surface area contributed by atoms with Gasteiger partial charge in [-0.25, -0.2) is 0 Å². The van der Waals surface area contributed by atoms with Crippen LogP contribution in [0.2, 0.25) is 0 Å². The monoisotopic (exact) mass is 1300 g/mol. The molecule has 4 aliphatic carbocycles. The minimum absolute atomic E-state index is 0.00767. The van der Waals surface area contributed by atoms with E-state index < -0.39 is 0 Å². The standard InChI is InChI=1S/C87H92O2S4/c1-7-10-57-13-19-60(20-14-57)63-25-31-66(32-26-63)69-37-45-73(46-38-69)90-77-53-54-78(91-74-47-39-70(40-48-74)67-33-27-64(28-34-67)61-21-15-58(11-8-2)16-22-61)82-81(77)85(88)83-79(55-56-80(84(83)86(82)89)93-76-51-43-72(44-52-76)87(4,5)6)92-75-49-41-71(42-50-75)68-35-29-65(30-36-68)62-23-17-59(12-9-3)18-24-62/h25-62H,7-24H2,1-6H3. The minimum atomic E-state index is -0.114. The second kappa shape index (κ2) is 29.8. The fraction of sp³-hybridized carbons (Fsp3) is 0.356. The summed E-state index contributed by atoms with van der Waals surface area (Å²) < 4.78 is 0.